The van der Waals surface area contributed by atoms with Gasteiger partial charge in [0.15, 0.2) is 0 Å². The van der Waals surface area contributed by atoms with Crippen LogP contribution < -0.4 is 10.6 Å². The first-order valence-corrected chi connectivity index (χ1v) is 10.3. The van der Waals surface area contributed by atoms with Crippen molar-refractivity contribution in [3.63, 3.8) is 0 Å². The van der Waals surface area contributed by atoms with E-state index in [2.05, 4.69) is 25.7 Å². The summed E-state index contributed by atoms with van der Waals surface area (Å²) in [5.74, 6) is 5.24. The predicted octanol–water partition coefficient (Wildman–Crippen LogP) is 3.42. The van der Waals surface area contributed by atoms with Crippen molar-refractivity contribution in [2.75, 3.05) is 17.7 Å². The Kier molecular flexibility index (Phi) is 3.92. The third kappa shape index (κ3) is 3.09. The van der Waals surface area contributed by atoms with Crippen molar-refractivity contribution in [1.82, 2.24) is 19.5 Å². The first-order chi connectivity index (χ1) is 13.0. The van der Waals surface area contributed by atoms with Crippen molar-refractivity contribution in [2.24, 2.45) is 23.2 Å². The van der Waals surface area contributed by atoms with Crippen molar-refractivity contribution in [3.8, 4) is 0 Å². The van der Waals surface area contributed by atoms with Gasteiger partial charge in [0, 0.05) is 37.7 Å². The van der Waals surface area contributed by atoms with Gasteiger partial charge in [-0.05, 0) is 68.6 Å². The molecule has 0 saturated heterocycles. The lowest BCUT2D eigenvalue weighted by atomic mass is 9.49. The van der Waals surface area contributed by atoms with E-state index in [1.807, 2.05) is 25.1 Å². The minimum atomic E-state index is 0.507. The number of hydrogen-bond donors (Lipinski definition) is 1. The Labute approximate surface area is 161 Å². The van der Waals surface area contributed by atoms with Crippen molar-refractivity contribution < 1.29 is 0 Å². The van der Waals surface area contributed by atoms with Gasteiger partial charge in [-0.1, -0.05) is 0 Å². The number of imidazole rings is 1. The number of aryl methyl sites for hydroxylation is 1. The number of rotatable bonds is 5. The molecule has 6 heteroatoms. The molecule has 2 aromatic heterocycles. The SMILES string of the molecule is Cc1cnc(N(C)Cc2nccn2CC23CC4CC(CC(C4)C2)C3)nc1N. The summed E-state index contributed by atoms with van der Waals surface area (Å²) in [6, 6.07) is 0. The third-order valence-corrected chi connectivity index (χ3v) is 7.19. The molecule has 0 radical (unpaired) electrons. The summed E-state index contributed by atoms with van der Waals surface area (Å²) in [5, 5.41) is 0. The van der Waals surface area contributed by atoms with Crippen LogP contribution in [0.15, 0.2) is 18.6 Å². The summed E-state index contributed by atoms with van der Waals surface area (Å²) in [4.78, 5) is 15.5. The van der Waals surface area contributed by atoms with Crippen LogP contribution in [0.3, 0.4) is 0 Å². The van der Waals surface area contributed by atoms with E-state index < -0.39 is 0 Å². The highest BCUT2D eigenvalue weighted by Crippen LogP contribution is 2.60. The summed E-state index contributed by atoms with van der Waals surface area (Å²) in [7, 11) is 2.01. The van der Waals surface area contributed by atoms with Gasteiger partial charge in [0.1, 0.15) is 11.6 Å². The highest BCUT2D eigenvalue weighted by molar-refractivity contribution is 5.43. The number of hydrogen-bond acceptors (Lipinski definition) is 5. The molecule has 27 heavy (non-hydrogen) atoms. The second-order valence-electron chi connectivity index (χ2n) is 9.48. The highest BCUT2D eigenvalue weighted by atomic mass is 15.3. The van der Waals surface area contributed by atoms with Gasteiger partial charge in [0.2, 0.25) is 5.95 Å². The Morgan fingerprint density at radius 2 is 1.81 bits per heavy atom. The molecular formula is C21H30N6. The zero-order chi connectivity index (χ0) is 18.6. The molecule has 2 aromatic rings. The van der Waals surface area contributed by atoms with Gasteiger partial charge < -0.3 is 15.2 Å². The molecule has 0 aromatic carbocycles. The highest BCUT2D eigenvalue weighted by Gasteiger charge is 2.50. The van der Waals surface area contributed by atoms with Crippen LogP contribution in [-0.2, 0) is 13.1 Å². The molecule has 4 aliphatic rings. The topological polar surface area (TPSA) is 72.9 Å². The van der Waals surface area contributed by atoms with Crippen LogP contribution in [0.2, 0.25) is 0 Å². The van der Waals surface area contributed by atoms with Crippen LogP contribution in [0.4, 0.5) is 11.8 Å². The van der Waals surface area contributed by atoms with Crippen LogP contribution in [0.25, 0.3) is 0 Å². The fourth-order valence-corrected chi connectivity index (χ4v) is 6.39. The van der Waals surface area contributed by atoms with Crippen molar-refractivity contribution in [1.29, 1.82) is 0 Å². The molecule has 4 saturated carbocycles. The number of anilines is 2. The van der Waals surface area contributed by atoms with E-state index in [1.54, 1.807) is 6.20 Å². The average molecular weight is 367 g/mol. The second kappa shape index (κ2) is 6.21. The molecule has 0 unspecified atom stereocenters. The predicted molar refractivity (Wildman–Crippen MR) is 106 cm³/mol. The average Bonchev–Trinajstić information content (AvgIpc) is 3.02. The molecule has 0 spiro atoms. The van der Waals surface area contributed by atoms with E-state index in [9.17, 15) is 0 Å². The van der Waals surface area contributed by atoms with Gasteiger partial charge >= 0.3 is 0 Å². The van der Waals surface area contributed by atoms with Crippen LogP contribution in [0, 0.1) is 30.1 Å². The first kappa shape index (κ1) is 17.0. The van der Waals surface area contributed by atoms with Gasteiger partial charge in [-0.25, -0.2) is 9.97 Å². The van der Waals surface area contributed by atoms with E-state index in [4.69, 9.17) is 5.73 Å². The molecule has 6 rings (SSSR count). The molecule has 2 heterocycles. The number of nitrogen functional groups attached to an aromatic ring is 1. The largest absolute Gasteiger partial charge is 0.383 e. The second-order valence-corrected chi connectivity index (χ2v) is 9.48. The van der Waals surface area contributed by atoms with E-state index >= 15 is 0 Å². The summed E-state index contributed by atoms with van der Waals surface area (Å²) < 4.78 is 2.39. The first-order valence-electron chi connectivity index (χ1n) is 10.3. The molecule has 4 fully saturated rings. The molecule has 0 amide bonds. The smallest absolute Gasteiger partial charge is 0.227 e. The molecule has 4 aliphatic carbocycles. The number of aromatic nitrogens is 4. The minimum absolute atomic E-state index is 0.507. The molecule has 2 N–H and O–H groups in total. The van der Waals surface area contributed by atoms with Crippen LogP contribution in [0.1, 0.15) is 49.9 Å². The maximum atomic E-state index is 5.96. The fourth-order valence-electron chi connectivity index (χ4n) is 6.39. The number of nitrogens with zero attached hydrogens (tertiary/aromatic N) is 5. The Bertz CT molecular complexity index is 806. The van der Waals surface area contributed by atoms with Crippen LogP contribution in [-0.4, -0.2) is 26.6 Å². The van der Waals surface area contributed by atoms with E-state index in [0.717, 1.165) is 35.7 Å². The lowest BCUT2D eigenvalue weighted by molar-refractivity contribution is -0.0622. The van der Waals surface area contributed by atoms with Crippen molar-refractivity contribution >= 4 is 11.8 Å². The summed E-state index contributed by atoms with van der Waals surface area (Å²) in [5.41, 5.74) is 7.38. The molecule has 6 nitrogen and oxygen atoms in total. The quantitative estimate of drug-likeness (QED) is 0.878. The van der Waals surface area contributed by atoms with E-state index in [-0.39, 0.29) is 0 Å². The third-order valence-electron chi connectivity index (χ3n) is 7.19. The summed E-state index contributed by atoms with van der Waals surface area (Å²) >= 11 is 0. The van der Waals surface area contributed by atoms with Gasteiger partial charge in [-0.15, -0.1) is 0 Å². The molecular weight excluding hydrogens is 336 g/mol. The molecule has 0 atom stereocenters. The van der Waals surface area contributed by atoms with Gasteiger partial charge in [-0.3, -0.25) is 0 Å². The molecule has 144 valence electrons. The van der Waals surface area contributed by atoms with Crippen LogP contribution in [0.5, 0.6) is 0 Å². The monoisotopic (exact) mass is 366 g/mol. The maximum absolute atomic E-state index is 5.96. The fraction of sp³-hybridized carbons (Fsp3) is 0.667. The van der Waals surface area contributed by atoms with Crippen molar-refractivity contribution in [3.05, 3.63) is 30.0 Å². The zero-order valence-corrected chi connectivity index (χ0v) is 16.4. The maximum Gasteiger partial charge on any atom is 0.227 e. The van der Waals surface area contributed by atoms with Gasteiger partial charge in [0.25, 0.3) is 0 Å². The summed E-state index contributed by atoms with van der Waals surface area (Å²) in [6.45, 7) is 3.75. The Balaban J connectivity index is 1.33. The van der Waals surface area contributed by atoms with Gasteiger partial charge in [-0.2, -0.15) is 4.98 Å². The Hall–Kier alpha value is -2.11. The molecule has 4 bridgehead atoms. The van der Waals surface area contributed by atoms with E-state index in [1.165, 1.54) is 38.5 Å². The Morgan fingerprint density at radius 1 is 1.15 bits per heavy atom. The number of nitrogens with two attached hydrogens (primary N) is 1. The molecule has 0 aliphatic heterocycles. The lowest BCUT2D eigenvalue weighted by Crippen LogP contribution is -2.48. The van der Waals surface area contributed by atoms with Crippen molar-refractivity contribution in [2.45, 2.75) is 58.5 Å². The minimum Gasteiger partial charge on any atom is -0.383 e. The summed E-state index contributed by atoms with van der Waals surface area (Å²) in [6.07, 6.45) is 14.6. The Morgan fingerprint density at radius 3 is 2.44 bits per heavy atom. The lowest BCUT2D eigenvalue weighted by Gasteiger charge is -2.57. The van der Waals surface area contributed by atoms with Crippen LogP contribution >= 0.6 is 0 Å². The van der Waals surface area contributed by atoms with Gasteiger partial charge in [0.05, 0.1) is 6.54 Å². The standard InChI is InChI=1S/C21H30N6/c1-14-11-24-20(25-19(14)22)26(2)12-18-23-3-4-27(18)13-21-8-15-5-16(9-21)7-17(6-15)10-21/h3-4,11,15-17H,5-10,12-13H2,1-2H3,(H2,22,24,25). The zero-order valence-electron chi connectivity index (χ0n) is 16.4. The van der Waals surface area contributed by atoms with E-state index in [0.29, 0.717) is 23.7 Å². The normalized spacial score (nSPS) is 31.4.